The Morgan fingerprint density at radius 3 is 1.28 bits per heavy atom. The third-order valence-electron chi connectivity index (χ3n) is 2.41. The van der Waals surface area contributed by atoms with E-state index in [9.17, 15) is 10.2 Å². The minimum absolute atomic E-state index is 0. The summed E-state index contributed by atoms with van der Waals surface area (Å²) in [6, 6.07) is 19.0. The molecule has 0 radical (unpaired) electrons. The normalized spacial score (nSPS) is 11.8. The van der Waals surface area contributed by atoms with Gasteiger partial charge >= 0.3 is 19.5 Å². The van der Waals surface area contributed by atoms with E-state index in [1.807, 2.05) is 60.7 Å². The van der Waals surface area contributed by atoms with E-state index in [1.165, 1.54) is 13.8 Å². The van der Waals surface area contributed by atoms with E-state index in [0.717, 1.165) is 11.1 Å². The summed E-state index contributed by atoms with van der Waals surface area (Å²) in [5.74, 6) is -0.579. The average Bonchev–Trinajstić information content (AvgIpc) is 2.57. The zero-order valence-electron chi connectivity index (χ0n) is 14.2. The van der Waals surface area contributed by atoms with Gasteiger partial charge in [0.1, 0.15) is 0 Å². The SMILES string of the molecule is C/C([O-])=N/N=C\c1ccccc1.C/C([O-])=N/N=C\c1ccccc1.[Zn+2]. The molecule has 7 heteroatoms. The zero-order chi connectivity index (χ0) is 17.6. The number of nitrogens with zero attached hydrogens (tertiary/aromatic N) is 4. The van der Waals surface area contributed by atoms with Crippen molar-refractivity contribution >= 4 is 24.2 Å². The van der Waals surface area contributed by atoms with Gasteiger partial charge in [0.05, 0.1) is 12.4 Å². The van der Waals surface area contributed by atoms with E-state index in [1.54, 1.807) is 12.4 Å². The van der Waals surface area contributed by atoms with Crippen LogP contribution in [-0.2, 0) is 19.5 Å². The van der Waals surface area contributed by atoms with Gasteiger partial charge in [0.2, 0.25) is 0 Å². The van der Waals surface area contributed by atoms with Crippen LogP contribution in [0.15, 0.2) is 81.1 Å². The van der Waals surface area contributed by atoms with Crippen LogP contribution < -0.4 is 10.2 Å². The fourth-order valence-corrected chi connectivity index (χ4v) is 1.43. The van der Waals surface area contributed by atoms with Gasteiger partial charge in [-0.25, -0.2) is 0 Å². The molecular weight excluding hydrogens is 370 g/mol. The second-order valence-corrected chi connectivity index (χ2v) is 4.55. The third kappa shape index (κ3) is 12.4. The summed E-state index contributed by atoms with van der Waals surface area (Å²) in [5, 5.41) is 34.6. The Balaban J connectivity index is 0.000000443. The molecular formula is C18H18N4O2Zn. The minimum Gasteiger partial charge on any atom is -0.861 e. The van der Waals surface area contributed by atoms with Crippen molar-refractivity contribution in [3.05, 3.63) is 71.8 Å². The number of benzene rings is 2. The average molecular weight is 388 g/mol. The Morgan fingerprint density at radius 1 is 0.680 bits per heavy atom. The van der Waals surface area contributed by atoms with Crippen molar-refractivity contribution < 1.29 is 29.7 Å². The molecule has 6 nitrogen and oxygen atoms in total. The van der Waals surface area contributed by atoms with Crippen LogP contribution in [0.2, 0.25) is 0 Å². The van der Waals surface area contributed by atoms with E-state index in [0.29, 0.717) is 0 Å². The first-order chi connectivity index (χ1) is 11.6. The summed E-state index contributed by atoms with van der Waals surface area (Å²) >= 11 is 0. The van der Waals surface area contributed by atoms with Gasteiger partial charge in [0, 0.05) is 0 Å². The molecule has 0 saturated carbocycles. The summed E-state index contributed by atoms with van der Waals surface area (Å²) in [7, 11) is 0. The van der Waals surface area contributed by atoms with Gasteiger partial charge in [0.25, 0.3) is 0 Å². The predicted molar refractivity (Wildman–Crippen MR) is 94.3 cm³/mol. The summed E-state index contributed by atoms with van der Waals surface area (Å²) < 4.78 is 0. The summed E-state index contributed by atoms with van der Waals surface area (Å²) in [6.45, 7) is 2.73. The van der Waals surface area contributed by atoms with Crippen molar-refractivity contribution in [3.8, 4) is 0 Å². The molecule has 0 fully saturated rings. The minimum atomic E-state index is -0.290. The van der Waals surface area contributed by atoms with Crippen molar-refractivity contribution in [1.82, 2.24) is 0 Å². The Labute approximate surface area is 160 Å². The van der Waals surface area contributed by atoms with E-state index in [4.69, 9.17) is 0 Å². The summed E-state index contributed by atoms with van der Waals surface area (Å²) in [4.78, 5) is 0. The summed E-state index contributed by atoms with van der Waals surface area (Å²) in [5.41, 5.74) is 1.87. The molecule has 0 bridgehead atoms. The Hall–Kier alpha value is -2.66. The molecule has 0 spiro atoms. The van der Waals surface area contributed by atoms with Gasteiger partial charge < -0.3 is 10.2 Å². The first-order valence-electron chi connectivity index (χ1n) is 7.17. The van der Waals surface area contributed by atoms with Gasteiger partial charge in [-0.1, -0.05) is 60.7 Å². The summed E-state index contributed by atoms with van der Waals surface area (Å²) in [6.07, 6.45) is 3.09. The fourth-order valence-electron chi connectivity index (χ4n) is 1.43. The molecule has 2 rings (SSSR count). The smallest absolute Gasteiger partial charge is 0.861 e. The Morgan fingerprint density at radius 2 is 1.00 bits per heavy atom. The Kier molecular flexibility index (Phi) is 12.3. The monoisotopic (exact) mass is 386 g/mol. The molecule has 0 heterocycles. The molecule has 25 heavy (non-hydrogen) atoms. The first kappa shape index (κ1) is 22.3. The van der Waals surface area contributed by atoms with Crippen LogP contribution in [0.4, 0.5) is 0 Å². The maximum atomic E-state index is 10.4. The molecule has 2 aromatic rings. The van der Waals surface area contributed by atoms with Crippen LogP contribution in [0, 0.1) is 0 Å². The van der Waals surface area contributed by atoms with Crippen LogP contribution >= 0.6 is 0 Å². The number of hydrogen-bond donors (Lipinski definition) is 0. The fraction of sp³-hybridized carbons (Fsp3) is 0.111. The van der Waals surface area contributed by atoms with Crippen molar-refractivity contribution in [3.63, 3.8) is 0 Å². The van der Waals surface area contributed by atoms with Gasteiger partial charge in [-0.15, -0.1) is 0 Å². The van der Waals surface area contributed by atoms with E-state index in [-0.39, 0.29) is 31.3 Å². The maximum absolute atomic E-state index is 10.4. The van der Waals surface area contributed by atoms with Gasteiger partial charge in [-0.2, -0.15) is 20.4 Å². The zero-order valence-corrected chi connectivity index (χ0v) is 17.2. The van der Waals surface area contributed by atoms with Crippen LogP contribution in [0.5, 0.6) is 0 Å². The van der Waals surface area contributed by atoms with Gasteiger partial charge in [-0.3, -0.25) is 0 Å². The van der Waals surface area contributed by atoms with Crippen molar-refractivity contribution in [2.45, 2.75) is 13.8 Å². The van der Waals surface area contributed by atoms with E-state index in [2.05, 4.69) is 20.4 Å². The molecule has 0 aromatic heterocycles. The topological polar surface area (TPSA) is 95.6 Å². The molecule has 0 unspecified atom stereocenters. The van der Waals surface area contributed by atoms with Crippen LogP contribution in [0.1, 0.15) is 25.0 Å². The molecule has 0 atom stereocenters. The standard InChI is InChI=1S/2C9H10N2O.Zn/c2*1-8(12)11-10-7-9-5-3-2-4-6-9;/h2*2-7H,1H3,(H,11,12);/q;;+2/p-2/b2*10-7-;. The second kappa shape index (κ2) is 13.8. The van der Waals surface area contributed by atoms with Crippen LogP contribution in [0.3, 0.4) is 0 Å². The van der Waals surface area contributed by atoms with Crippen LogP contribution in [-0.4, -0.2) is 24.2 Å². The van der Waals surface area contributed by atoms with Crippen molar-refractivity contribution in [2.24, 2.45) is 20.4 Å². The van der Waals surface area contributed by atoms with E-state index < -0.39 is 0 Å². The second-order valence-electron chi connectivity index (χ2n) is 4.55. The molecule has 0 N–H and O–H groups in total. The Bertz CT molecular complexity index is 643. The molecule has 124 valence electrons. The van der Waals surface area contributed by atoms with Gasteiger partial charge in [0.15, 0.2) is 0 Å². The largest absolute Gasteiger partial charge is 2.00 e. The number of hydrogen-bond acceptors (Lipinski definition) is 6. The quantitative estimate of drug-likeness (QED) is 0.345. The van der Waals surface area contributed by atoms with Gasteiger partial charge in [-0.05, 0) is 36.8 Å². The first-order valence-corrected chi connectivity index (χ1v) is 7.17. The molecule has 0 amide bonds. The number of rotatable bonds is 4. The molecule has 2 aromatic carbocycles. The predicted octanol–water partition coefficient (Wildman–Crippen LogP) is 1.60. The molecule has 0 aliphatic heterocycles. The van der Waals surface area contributed by atoms with Crippen molar-refractivity contribution in [2.75, 3.05) is 0 Å². The third-order valence-corrected chi connectivity index (χ3v) is 2.41. The maximum Gasteiger partial charge on any atom is 2.00 e. The molecule has 0 saturated heterocycles. The molecule has 0 aliphatic rings. The van der Waals surface area contributed by atoms with E-state index >= 15 is 0 Å². The van der Waals surface area contributed by atoms with Crippen LogP contribution in [0.25, 0.3) is 0 Å². The molecule has 0 aliphatic carbocycles. The van der Waals surface area contributed by atoms with Crippen molar-refractivity contribution in [1.29, 1.82) is 0 Å².